The summed E-state index contributed by atoms with van der Waals surface area (Å²) in [5.74, 6) is -0.168. The van der Waals surface area contributed by atoms with E-state index in [4.69, 9.17) is 4.74 Å². The number of rotatable bonds is 5. The summed E-state index contributed by atoms with van der Waals surface area (Å²) in [6.45, 7) is 0.243. The van der Waals surface area contributed by atoms with Crippen molar-refractivity contribution in [2.75, 3.05) is 0 Å². The Hall–Kier alpha value is -3.47. The van der Waals surface area contributed by atoms with E-state index < -0.39 is 0 Å². The van der Waals surface area contributed by atoms with Gasteiger partial charge in [-0.1, -0.05) is 48.5 Å². The first kappa shape index (κ1) is 17.9. The van der Waals surface area contributed by atoms with Gasteiger partial charge in [0, 0.05) is 5.56 Å². The summed E-state index contributed by atoms with van der Waals surface area (Å²) in [6, 6.07) is 21.2. The van der Waals surface area contributed by atoms with E-state index in [0.717, 1.165) is 29.7 Å². The van der Waals surface area contributed by atoms with Gasteiger partial charge in [0.15, 0.2) is 0 Å². The van der Waals surface area contributed by atoms with Crippen molar-refractivity contribution in [3.8, 4) is 5.75 Å². The van der Waals surface area contributed by atoms with E-state index in [1.807, 2.05) is 18.2 Å². The second-order valence-corrected chi connectivity index (χ2v) is 6.57. The Balaban J connectivity index is 1.46. The maximum Gasteiger partial charge on any atom is 0.275 e. The zero-order valence-electron chi connectivity index (χ0n) is 15.2. The summed E-state index contributed by atoms with van der Waals surface area (Å²) in [5.41, 5.74) is 7.09. The Bertz CT molecular complexity index is 1030. The van der Waals surface area contributed by atoms with Crippen LogP contribution in [0.2, 0.25) is 0 Å². The third-order valence-electron chi connectivity index (χ3n) is 4.69. The molecule has 0 atom stereocenters. The molecule has 4 nitrogen and oxygen atoms in total. The van der Waals surface area contributed by atoms with Gasteiger partial charge in [0.2, 0.25) is 0 Å². The van der Waals surface area contributed by atoms with Gasteiger partial charge in [-0.3, -0.25) is 4.79 Å². The number of benzene rings is 3. The summed E-state index contributed by atoms with van der Waals surface area (Å²) < 4.78 is 18.8. The van der Waals surface area contributed by atoms with Gasteiger partial charge in [-0.05, 0) is 48.2 Å². The van der Waals surface area contributed by atoms with Crippen LogP contribution in [-0.4, -0.2) is 11.6 Å². The second kappa shape index (κ2) is 8.05. The number of ether oxygens (including phenoxy) is 1. The molecule has 0 spiro atoms. The summed E-state index contributed by atoms with van der Waals surface area (Å²) >= 11 is 0. The van der Waals surface area contributed by atoms with Crippen LogP contribution in [-0.2, 0) is 13.0 Å². The Morgan fingerprint density at radius 3 is 2.57 bits per heavy atom. The first-order valence-electron chi connectivity index (χ1n) is 9.12. The molecule has 140 valence electrons. The highest BCUT2D eigenvalue weighted by Crippen LogP contribution is 2.22. The van der Waals surface area contributed by atoms with Crippen molar-refractivity contribution in [1.29, 1.82) is 0 Å². The van der Waals surface area contributed by atoms with Crippen molar-refractivity contribution in [3.05, 3.63) is 101 Å². The molecule has 1 aliphatic carbocycles. The number of hydrazone groups is 1. The molecule has 3 aromatic carbocycles. The second-order valence-electron chi connectivity index (χ2n) is 6.57. The van der Waals surface area contributed by atoms with Crippen LogP contribution in [0.25, 0.3) is 0 Å². The van der Waals surface area contributed by atoms with Gasteiger partial charge >= 0.3 is 0 Å². The number of halogens is 1. The van der Waals surface area contributed by atoms with Crippen LogP contribution < -0.4 is 10.2 Å². The number of carbonyl (C=O) groups excluding carboxylic acids is 1. The van der Waals surface area contributed by atoms with E-state index in [2.05, 4.69) is 16.6 Å². The Kier molecular flexibility index (Phi) is 5.15. The fourth-order valence-electron chi connectivity index (χ4n) is 3.22. The highest BCUT2D eigenvalue weighted by atomic mass is 19.1. The summed E-state index contributed by atoms with van der Waals surface area (Å²) in [5, 5.41) is 4.33. The van der Waals surface area contributed by atoms with Gasteiger partial charge in [0.1, 0.15) is 18.2 Å². The van der Waals surface area contributed by atoms with Gasteiger partial charge < -0.3 is 4.74 Å². The van der Waals surface area contributed by atoms with Gasteiger partial charge in [0.25, 0.3) is 5.91 Å². The molecular formula is C23H19FN2O2. The molecule has 0 bridgehead atoms. The van der Waals surface area contributed by atoms with Crippen molar-refractivity contribution in [3.63, 3.8) is 0 Å². The van der Waals surface area contributed by atoms with Crippen molar-refractivity contribution in [1.82, 2.24) is 5.43 Å². The Morgan fingerprint density at radius 1 is 0.964 bits per heavy atom. The number of carbonyl (C=O) groups is 1. The first-order valence-corrected chi connectivity index (χ1v) is 9.12. The van der Waals surface area contributed by atoms with Crippen LogP contribution in [0.1, 0.15) is 33.5 Å². The lowest BCUT2D eigenvalue weighted by molar-refractivity contribution is 0.0950. The molecule has 0 aromatic heterocycles. The van der Waals surface area contributed by atoms with Crippen LogP contribution in [0.4, 0.5) is 4.39 Å². The highest BCUT2D eigenvalue weighted by molar-refractivity contribution is 6.05. The van der Waals surface area contributed by atoms with E-state index in [-0.39, 0.29) is 18.3 Å². The minimum absolute atomic E-state index is 0.243. The molecule has 0 radical (unpaired) electrons. The number of amides is 1. The molecule has 1 aliphatic rings. The lowest BCUT2D eigenvalue weighted by Gasteiger charge is -2.11. The normalized spacial score (nSPS) is 14.0. The quantitative estimate of drug-likeness (QED) is 0.669. The molecule has 0 aliphatic heterocycles. The SMILES string of the molecule is O=C(N/N=C1\CCc2ccccc21)c1ccccc1OCc1ccc(F)cc1. The van der Waals surface area contributed by atoms with Gasteiger partial charge in [0.05, 0.1) is 11.3 Å². The maximum absolute atomic E-state index is 13.0. The zero-order valence-corrected chi connectivity index (χ0v) is 15.2. The minimum atomic E-state index is -0.327. The topological polar surface area (TPSA) is 50.7 Å². The number of hydrogen-bond acceptors (Lipinski definition) is 3. The lowest BCUT2D eigenvalue weighted by atomic mass is 10.1. The molecular weight excluding hydrogens is 355 g/mol. The molecule has 1 N–H and O–H groups in total. The highest BCUT2D eigenvalue weighted by Gasteiger charge is 2.18. The Morgan fingerprint density at radius 2 is 1.71 bits per heavy atom. The fraction of sp³-hybridized carbons (Fsp3) is 0.130. The molecule has 28 heavy (non-hydrogen) atoms. The third kappa shape index (κ3) is 3.93. The average Bonchev–Trinajstić information content (AvgIpc) is 3.15. The predicted octanol–water partition coefficient (Wildman–Crippen LogP) is 4.49. The summed E-state index contributed by atoms with van der Waals surface area (Å²) in [4.78, 5) is 12.6. The number of para-hydroxylation sites is 1. The zero-order chi connectivity index (χ0) is 19.3. The summed E-state index contributed by atoms with van der Waals surface area (Å²) in [6.07, 6.45) is 1.74. The van der Waals surface area contributed by atoms with Gasteiger partial charge in [-0.25, -0.2) is 9.82 Å². The minimum Gasteiger partial charge on any atom is -0.488 e. The van der Waals surface area contributed by atoms with Gasteiger partial charge in [-0.15, -0.1) is 0 Å². The molecule has 0 fully saturated rings. The Labute approximate surface area is 162 Å². The third-order valence-corrected chi connectivity index (χ3v) is 4.69. The van der Waals surface area contributed by atoms with E-state index in [1.54, 1.807) is 36.4 Å². The molecule has 3 aromatic rings. The molecule has 0 saturated heterocycles. The monoisotopic (exact) mass is 374 g/mol. The van der Waals surface area contributed by atoms with Crippen LogP contribution in [0.3, 0.4) is 0 Å². The molecule has 1 amide bonds. The maximum atomic E-state index is 13.0. The van der Waals surface area contributed by atoms with Crippen molar-refractivity contribution < 1.29 is 13.9 Å². The fourth-order valence-corrected chi connectivity index (χ4v) is 3.22. The summed E-state index contributed by atoms with van der Waals surface area (Å²) in [7, 11) is 0. The van der Waals surface area contributed by atoms with Crippen molar-refractivity contribution in [2.24, 2.45) is 5.10 Å². The molecule has 4 rings (SSSR count). The molecule has 5 heteroatoms. The lowest BCUT2D eigenvalue weighted by Crippen LogP contribution is -2.20. The largest absolute Gasteiger partial charge is 0.488 e. The van der Waals surface area contributed by atoms with Crippen LogP contribution in [0, 0.1) is 5.82 Å². The smallest absolute Gasteiger partial charge is 0.275 e. The predicted molar refractivity (Wildman–Crippen MR) is 106 cm³/mol. The van der Waals surface area contributed by atoms with Crippen LogP contribution in [0.15, 0.2) is 77.9 Å². The molecule has 0 saturated carbocycles. The van der Waals surface area contributed by atoms with Gasteiger partial charge in [-0.2, -0.15) is 5.10 Å². The van der Waals surface area contributed by atoms with Crippen LogP contribution in [0.5, 0.6) is 5.75 Å². The molecule has 0 heterocycles. The van der Waals surface area contributed by atoms with E-state index in [0.29, 0.717) is 11.3 Å². The van der Waals surface area contributed by atoms with E-state index in [9.17, 15) is 9.18 Å². The van der Waals surface area contributed by atoms with Crippen molar-refractivity contribution >= 4 is 11.6 Å². The first-order chi connectivity index (χ1) is 13.7. The number of aryl methyl sites for hydroxylation is 1. The van der Waals surface area contributed by atoms with E-state index in [1.165, 1.54) is 17.7 Å². The number of nitrogens with one attached hydrogen (secondary N) is 1. The molecule has 0 unspecified atom stereocenters. The average molecular weight is 374 g/mol. The standard InChI is InChI=1S/C23H19FN2O2/c24-18-12-9-16(10-13-18)15-28-22-8-4-3-7-20(22)23(27)26-25-21-14-11-17-5-1-2-6-19(17)21/h1-10,12-13H,11,14-15H2,(H,26,27)/b25-21+. The van der Waals surface area contributed by atoms with Crippen molar-refractivity contribution in [2.45, 2.75) is 19.4 Å². The number of hydrogen-bond donors (Lipinski definition) is 1. The van der Waals surface area contributed by atoms with E-state index >= 15 is 0 Å². The number of fused-ring (bicyclic) bond motifs is 1. The van der Waals surface area contributed by atoms with Crippen LogP contribution >= 0.6 is 0 Å². The number of nitrogens with zero attached hydrogens (tertiary/aromatic N) is 1.